The van der Waals surface area contributed by atoms with Crippen molar-refractivity contribution in [2.75, 3.05) is 13.2 Å². The van der Waals surface area contributed by atoms with Crippen molar-refractivity contribution >= 4 is 0 Å². The van der Waals surface area contributed by atoms with Gasteiger partial charge in [0.1, 0.15) is 12.2 Å². The maximum atomic E-state index is 5.99. The van der Waals surface area contributed by atoms with Gasteiger partial charge in [-0.1, -0.05) is 42.5 Å². The first kappa shape index (κ1) is 17.6. The van der Waals surface area contributed by atoms with Crippen LogP contribution in [0.3, 0.4) is 0 Å². The smallest absolute Gasteiger partial charge is 0.164 e. The fourth-order valence-electron chi connectivity index (χ4n) is 2.95. The Balaban J connectivity index is 1.43. The number of epoxide rings is 1. The maximum absolute atomic E-state index is 5.99. The fourth-order valence-corrected chi connectivity index (χ4v) is 2.95. The highest BCUT2D eigenvalue weighted by Crippen LogP contribution is 2.29. The summed E-state index contributed by atoms with van der Waals surface area (Å²) in [5.74, 6) is -0.558. The van der Waals surface area contributed by atoms with Crippen LogP contribution in [0.2, 0.25) is 0 Å². The lowest BCUT2D eigenvalue weighted by Crippen LogP contribution is -2.26. The highest BCUT2D eigenvalue weighted by molar-refractivity contribution is 5.13. The molecule has 2 saturated heterocycles. The zero-order valence-electron chi connectivity index (χ0n) is 14.6. The molecule has 0 amide bonds. The molecule has 4 nitrogen and oxygen atoms in total. The van der Waals surface area contributed by atoms with Gasteiger partial charge in [-0.2, -0.15) is 0 Å². The largest absolute Gasteiger partial charge is 0.374 e. The molecular formula is C20H28O4. The Labute approximate surface area is 144 Å². The van der Waals surface area contributed by atoms with E-state index in [1.54, 1.807) is 0 Å². The van der Waals surface area contributed by atoms with E-state index in [2.05, 4.69) is 24.3 Å². The second kappa shape index (κ2) is 8.26. The van der Waals surface area contributed by atoms with Gasteiger partial charge in [0.25, 0.3) is 0 Å². The minimum absolute atomic E-state index is 0.0482. The van der Waals surface area contributed by atoms with Crippen molar-refractivity contribution in [3.8, 4) is 0 Å². The van der Waals surface area contributed by atoms with Crippen LogP contribution in [0.1, 0.15) is 38.7 Å². The zero-order chi connectivity index (χ0) is 16.8. The van der Waals surface area contributed by atoms with Gasteiger partial charge in [-0.25, -0.2) is 0 Å². The average molecular weight is 332 g/mol. The minimum Gasteiger partial charge on any atom is -0.374 e. The predicted octanol–water partition coefficient (Wildman–Crippen LogP) is 3.85. The number of rotatable bonds is 9. The molecule has 2 heterocycles. The third-order valence-corrected chi connectivity index (χ3v) is 4.24. The molecule has 2 fully saturated rings. The molecule has 24 heavy (non-hydrogen) atoms. The Morgan fingerprint density at radius 2 is 2.00 bits per heavy atom. The van der Waals surface area contributed by atoms with E-state index in [9.17, 15) is 0 Å². The van der Waals surface area contributed by atoms with Crippen molar-refractivity contribution in [3.63, 3.8) is 0 Å². The summed E-state index contributed by atoms with van der Waals surface area (Å²) < 4.78 is 23.0. The maximum Gasteiger partial charge on any atom is 0.164 e. The van der Waals surface area contributed by atoms with Crippen LogP contribution in [0.5, 0.6) is 0 Å². The van der Waals surface area contributed by atoms with E-state index in [1.165, 1.54) is 5.56 Å². The molecule has 132 valence electrons. The van der Waals surface area contributed by atoms with E-state index in [0.29, 0.717) is 19.3 Å². The quantitative estimate of drug-likeness (QED) is 0.391. The molecule has 0 spiro atoms. The molecule has 3 atom stereocenters. The van der Waals surface area contributed by atoms with E-state index < -0.39 is 5.79 Å². The van der Waals surface area contributed by atoms with Gasteiger partial charge in [0.15, 0.2) is 5.79 Å². The summed E-state index contributed by atoms with van der Waals surface area (Å²) in [6.07, 6.45) is 8.09. The normalized spacial score (nSPS) is 28.5. The molecule has 2 aliphatic rings. The molecular weight excluding hydrogens is 304 g/mol. The minimum atomic E-state index is -0.558. The summed E-state index contributed by atoms with van der Waals surface area (Å²) >= 11 is 0. The van der Waals surface area contributed by atoms with Gasteiger partial charge in [-0.05, 0) is 38.7 Å². The molecule has 4 heteroatoms. The van der Waals surface area contributed by atoms with Crippen molar-refractivity contribution in [2.24, 2.45) is 0 Å². The van der Waals surface area contributed by atoms with Crippen LogP contribution in [0.25, 0.3) is 0 Å². The average Bonchev–Trinajstić information content (AvgIpc) is 3.33. The molecule has 0 N–H and O–H groups in total. The Bertz CT molecular complexity index is 522. The van der Waals surface area contributed by atoms with Crippen molar-refractivity contribution in [1.29, 1.82) is 0 Å². The van der Waals surface area contributed by atoms with Gasteiger partial charge in [0.2, 0.25) is 0 Å². The number of ether oxygens (including phenoxy) is 4. The third kappa shape index (κ3) is 5.71. The molecule has 0 aliphatic carbocycles. The number of allylic oxidation sites excluding steroid dienone is 1. The van der Waals surface area contributed by atoms with Crippen molar-refractivity contribution in [2.45, 2.75) is 63.8 Å². The van der Waals surface area contributed by atoms with Crippen molar-refractivity contribution < 1.29 is 18.9 Å². The van der Waals surface area contributed by atoms with Crippen molar-refractivity contribution in [3.05, 3.63) is 48.0 Å². The zero-order valence-corrected chi connectivity index (χ0v) is 14.6. The Hall–Kier alpha value is -1.20. The van der Waals surface area contributed by atoms with Crippen LogP contribution >= 0.6 is 0 Å². The molecule has 2 aliphatic heterocycles. The molecule has 0 unspecified atom stereocenters. The first-order chi connectivity index (χ1) is 11.6. The van der Waals surface area contributed by atoms with Crippen LogP contribution in [0.4, 0.5) is 0 Å². The molecule has 1 aromatic carbocycles. The van der Waals surface area contributed by atoms with E-state index >= 15 is 0 Å². The van der Waals surface area contributed by atoms with Crippen LogP contribution in [0, 0.1) is 0 Å². The van der Waals surface area contributed by atoms with Gasteiger partial charge >= 0.3 is 0 Å². The van der Waals surface area contributed by atoms with Gasteiger partial charge in [0.05, 0.1) is 25.9 Å². The van der Waals surface area contributed by atoms with Crippen molar-refractivity contribution in [1.82, 2.24) is 0 Å². The highest BCUT2D eigenvalue weighted by Gasteiger charge is 2.39. The number of hydrogen-bond acceptors (Lipinski definition) is 4. The topological polar surface area (TPSA) is 40.2 Å². The van der Waals surface area contributed by atoms with Gasteiger partial charge in [0, 0.05) is 0 Å². The highest BCUT2D eigenvalue weighted by atomic mass is 16.8. The second-order valence-corrected chi connectivity index (χ2v) is 6.95. The molecule has 0 saturated carbocycles. The summed E-state index contributed by atoms with van der Waals surface area (Å²) in [7, 11) is 0. The van der Waals surface area contributed by atoms with E-state index in [0.717, 1.165) is 25.9 Å². The molecule has 3 rings (SSSR count). The summed E-state index contributed by atoms with van der Waals surface area (Å²) in [4.78, 5) is 0. The lowest BCUT2D eigenvalue weighted by Gasteiger charge is -2.16. The van der Waals surface area contributed by atoms with Gasteiger partial charge in [-0.15, -0.1) is 0 Å². The summed E-state index contributed by atoms with van der Waals surface area (Å²) in [5.41, 5.74) is 1.17. The summed E-state index contributed by atoms with van der Waals surface area (Å²) in [6.45, 7) is 5.98. The molecule has 0 bridgehead atoms. The van der Waals surface area contributed by atoms with Gasteiger partial charge in [-0.3, -0.25) is 0 Å². The first-order valence-corrected chi connectivity index (χ1v) is 8.88. The van der Waals surface area contributed by atoms with E-state index in [-0.39, 0.29) is 12.2 Å². The Morgan fingerprint density at radius 3 is 2.75 bits per heavy atom. The molecule has 1 aromatic rings. The fraction of sp³-hybridized carbons (Fsp3) is 0.600. The lowest BCUT2D eigenvalue weighted by atomic mass is 10.1. The SMILES string of the molecule is CC1(C)O[C@@H](/C=C/CCC[C@H]2CO2)[C@H](COCc2ccccc2)O1. The standard InChI is InChI=1S/C20H28O4/c1-20(2)23-18(12-8-4-7-11-17-14-22-17)19(24-20)15-21-13-16-9-5-3-6-10-16/h3,5-6,8-10,12,17-19H,4,7,11,13-15H2,1-2H3/b12-8+/t17-,18-,19-/m0/s1. The van der Waals surface area contributed by atoms with E-state index in [1.807, 2.05) is 32.0 Å². The number of benzene rings is 1. The lowest BCUT2D eigenvalue weighted by molar-refractivity contribution is -0.148. The first-order valence-electron chi connectivity index (χ1n) is 8.88. The monoisotopic (exact) mass is 332 g/mol. The van der Waals surface area contributed by atoms with Crippen LogP contribution in [-0.2, 0) is 25.6 Å². The molecule has 0 radical (unpaired) electrons. The number of unbranched alkanes of at least 4 members (excludes halogenated alkanes) is 1. The van der Waals surface area contributed by atoms with Crippen LogP contribution < -0.4 is 0 Å². The molecule has 0 aromatic heterocycles. The predicted molar refractivity (Wildman–Crippen MR) is 92.7 cm³/mol. The Morgan fingerprint density at radius 1 is 1.21 bits per heavy atom. The van der Waals surface area contributed by atoms with Crippen LogP contribution in [-0.4, -0.2) is 37.3 Å². The van der Waals surface area contributed by atoms with Crippen LogP contribution in [0.15, 0.2) is 42.5 Å². The second-order valence-electron chi connectivity index (χ2n) is 6.95. The number of hydrogen-bond donors (Lipinski definition) is 0. The summed E-state index contributed by atoms with van der Waals surface area (Å²) in [5, 5.41) is 0. The summed E-state index contributed by atoms with van der Waals surface area (Å²) in [6, 6.07) is 10.2. The van der Waals surface area contributed by atoms with Gasteiger partial charge < -0.3 is 18.9 Å². The third-order valence-electron chi connectivity index (χ3n) is 4.24. The Kier molecular flexibility index (Phi) is 6.06. The van der Waals surface area contributed by atoms with E-state index in [4.69, 9.17) is 18.9 Å².